The third kappa shape index (κ3) is 6.23. The zero-order valence-electron chi connectivity index (χ0n) is 21.6. The Morgan fingerprint density at radius 2 is 1.64 bits per heavy atom. The van der Waals surface area contributed by atoms with Gasteiger partial charge in [0.15, 0.2) is 0 Å². The van der Waals surface area contributed by atoms with Crippen molar-refractivity contribution in [1.29, 1.82) is 0 Å². The van der Waals surface area contributed by atoms with Crippen LogP contribution in [0.2, 0.25) is 0 Å². The van der Waals surface area contributed by atoms with Gasteiger partial charge in [0, 0.05) is 18.8 Å². The molecule has 0 aliphatic carbocycles. The first-order chi connectivity index (χ1) is 18.5. The number of ether oxygens (including phenoxy) is 1. The van der Waals surface area contributed by atoms with Gasteiger partial charge >= 0.3 is 0 Å². The number of amides is 1. The second-order valence-electron chi connectivity index (χ2n) is 9.15. The number of anilines is 2. The van der Waals surface area contributed by atoms with Gasteiger partial charge in [-0.05, 0) is 62.2 Å². The SMILES string of the molecule is COc1ccc(NC(=O)CN(c2ccccc2F)S(=O)(=O)c2ccc(C)cc2)cc1S(=O)(=O)N1CCCCC1. The third-order valence-corrected chi connectivity index (χ3v) is 10.1. The van der Waals surface area contributed by atoms with Crippen molar-refractivity contribution in [3.8, 4) is 5.75 Å². The number of para-hydroxylation sites is 1. The lowest BCUT2D eigenvalue weighted by atomic mass is 10.2. The molecule has 3 aromatic carbocycles. The first-order valence-corrected chi connectivity index (χ1v) is 15.2. The van der Waals surface area contributed by atoms with Crippen LogP contribution in [0.4, 0.5) is 15.8 Å². The van der Waals surface area contributed by atoms with E-state index in [1.165, 1.54) is 59.9 Å². The van der Waals surface area contributed by atoms with Crippen molar-refractivity contribution in [2.75, 3.05) is 36.4 Å². The highest BCUT2D eigenvalue weighted by molar-refractivity contribution is 7.92. The molecule has 208 valence electrons. The Kier molecular flexibility index (Phi) is 8.57. The fraction of sp³-hybridized carbons (Fsp3) is 0.296. The number of piperidine rings is 1. The monoisotopic (exact) mass is 575 g/mol. The van der Waals surface area contributed by atoms with E-state index < -0.39 is 38.3 Å². The van der Waals surface area contributed by atoms with E-state index in [0.29, 0.717) is 17.4 Å². The first kappa shape index (κ1) is 28.5. The Morgan fingerprint density at radius 3 is 2.28 bits per heavy atom. The molecule has 3 aromatic rings. The molecule has 0 bridgehead atoms. The zero-order chi connectivity index (χ0) is 28.2. The molecule has 0 unspecified atom stereocenters. The number of hydrogen-bond donors (Lipinski definition) is 1. The van der Waals surface area contributed by atoms with E-state index in [2.05, 4.69) is 5.32 Å². The average Bonchev–Trinajstić information content (AvgIpc) is 2.93. The van der Waals surface area contributed by atoms with E-state index in [0.717, 1.165) is 30.9 Å². The maximum Gasteiger partial charge on any atom is 0.264 e. The number of halogens is 1. The van der Waals surface area contributed by atoms with Crippen LogP contribution >= 0.6 is 0 Å². The van der Waals surface area contributed by atoms with Gasteiger partial charge in [0.2, 0.25) is 15.9 Å². The summed E-state index contributed by atoms with van der Waals surface area (Å²) in [5, 5.41) is 2.56. The fourth-order valence-electron chi connectivity index (χ4n) is 4.32. The van der Waals surface area contributed by atoms with E-state index in [9.17, 15) is 26.0 Å². The van der Waals surface area contributed by atoms with Crippen LogP contribution < -0.4 is 14.4 Å². The minimum absolute atomic E-state index is 0.108. The number of hydrogen-bond acceptors (Lipinski definition) is 6. The van der Waals surface area contributed by atoms with Gasteiger partial charge in [-0.25, -0.2) is 21.2 Å². The highest BCUT2D eigenvalue weighted by Crippen LogP contribution is 2.32. The molecule has 1 saturated heterocycles. The second-order valence-corrected chi connectivity index (χ2v) is 12.9. The van der Waals surface area contributed by atoms with Crippen LogP contribution in [0.25, 0.3) is 0 Å². The molecule has 1 heterocycles. The van der Waals surface area contributed by atoms with Crippen LogP contribution in [-0.4, -0.2) is 53.8 Å². The van der Waals surface area contributed by atoms with Crippen LogP contribution in [0.15, 0.2) is 76.5 Å². The molecule has 4 rings (SSSR count). The van der Waals surface area contributed by atoms with Crippen LogP contribution in [0.5, 0.6) is 5.75 Å². The second kappa shape index (κ2) is 11.7. The largest absolute Gasteiger partial charge is 0.495 e. The van der Waals surface area contributed by atoms with Crippen molar-refractivity contribution in [1.82, 2.24) is 4.31 Å². The number of rotatable bonds is 9. The summed E-state index contributed by atoms with van der Waals surface area (Å²) >= 11 is 0. The van der Waals surface area contributed by atoms with Gasteiger partial charge in [0.05, 0.1) is 17.7 Å². The van der Waals surface area contributed by atoms with Crippen LogP contribution in [0.1, 0.15) is 24.8 Å². The van der Waals surface area contributed by atoms with Crippen molar-refractivity contribution in [2.45, 2.75) is 36.0 Å². The molecule has 9 nitrogen and oxygen atoms in total. The maximum absolute atomic E-state index is 14.7. The van der Waals surface area contributed by atoms with Crippen LogP contribution in [-0.2, 0) is 24.8 Å². The zero-order valence-corrected chi connectivity index (χ0v) is 23.3. The molecule has 1 aliphatic rings. The van der Waals surface area contributed by atoms with E-state index in [1.807, 2.05) is 0 Å². The van der Waals surface area contributed by atoms with E-state index in [4.69, 9.17) is 4.74 Å². The van der Waals surface area contributed by atoms with Crippen molar-refractivity contribution >= 4 is 37.3 Å². The van der Waals surface area contributed by atoms with Gasteiger partial charge in [-0.2, -0.15) is 4.31 Å². The minimum atomic E-state index is -4.33. The van der Waals surface area contributed by atoms with Gasteiger partial charge in [-0.15, -0.1) is 0 Å². The first-order valence-electron chi connectivity index (χ1n) is 12.4. The normalized spacial score (nSPS) is 14.5. The molecule has 0 atom stereocenters. The van der Waals surface area contributed by atoms with Crippen LogP contribution in [0, 0.1) is 12.7 Å². The predicted molar refractivity (Wildman–Crippen MR) is 146 cm³/mol. The molecule has 39 heavy (non-hydrogen) atoms. The smallest absolute Gasteiger partial charge is 0.264 e. The van der Waals surface area contributed by atoms with Gasteiger partial charge in [0.1, 0.15) is 23.0 Å². The van der Waals surface area contributed by atoms with Crippen LogP contribution in [0.3, 0.4) is 0 Å². The summed E-state index contributed by atoms with van der Waals surface area (Å²) in [6.45, 7) is 1.82. The summed E-state index contributed by atoms with van der Waals surface area (Å²) in [5.74, 6) is -1.49. The van der Waals surface area contributed by atoms with Gasteiger partial charge in [-0.1, -0.05) is 36.2 Å². The van der Waals surface area contributed by atoms with Crippen molar-refractivity contribution in [3.05, 3.63) is 78.1 Å². The summed E-state index contributed by atoms with van der Waals surface area (Å²) in [6, 6.07) is 15.4. The molecule has 0 radical (unpaired) electrons. The minimum Gasteiger partial charge on any atom is -0.495 e. The Labute approximate surface area is 228 Å². The Bertz CT molecular complexity index is 1550. The highest BCUT2D eigenvalue weighted by atomic mass is 32.2. The molecule has 1 aliphatic heterocycles. The standard InChI is InChI=1S/C27H30FN3O6S2/c1-20-10-13-22(14-11-20)38(33,34)31(24-9-5-4-8-23(24)28)19-27(32)29-21-12-15-25(37-2)26(18-21)39(35,36)30-16-6-3-7-17-30/h4-5,8-15,18H,3,6-7,16-17,19H2,1-2H3,(H,29,32). The number of nitrogens with one attached hydrogen (secondary N) is 1. The number of benzene rings is 3. The van der Waals surface area contributed by atoms with Crippen molar-refractivity contribution < 1.29 is 30.8 Å². The number of sulfonamides is 2. The summed E-state index contributed by atoms with van der Waals surface area (Å²) in [7, 11) is -6.87. The summed E-state index contributed by atoms with van der Waals surface area (Å²) in [4.78, 5) is 12.9. The molecule has 1 fully saturated rings. The summed E-state index contributed by atoms with van der Waals surface area (Å²) in [5.41, 5.74) is 0.660. The Morgan fingerprint density at radius 1 is 0.974 bits per heavy atom. The number of nitrogens with zero attached hydrogens (tertiary/aromatic N) is 2. The van der Waals surface area contributed by atoms with E-state index >= 15 is 0 Å². The maximum atomic E-state index is 14.7. The van der Waals surface area contributed by atoms with Crippen molar-refractivity contribution in [3.63, 3.8) is 0 Å². The summed E-state index contributed by atoms with van der Waals surface area (Å²) < 4.78 is 75.8. The number of aryl methyl sites for hydroxylation is 1. The molecule has 1 N–H and O–H groups in total. The van der Waals surface area contributed by atoms with Gasteiger partial charge < -0.3 is 10.1 Å². The number of methoxy groups -OCH3 is 1. The van der Waals surface area contributed by atoms with Gasteiger partial charge in [0.25, 0.3) is 10.0 Å². The summed E-state index contributed by atoms with van der Waals surface area (Å²) in [6.07, 6.45) is 2.45. The lowest BCUT2D eigenvalue weighted by Crippen LogP contribution is -2.38. The topological polar surface area (TPSA) is 113 Å². The lowest BCUT2D eigenvalue weighted by molar-refractivity contribution is -0.114. The Balaban J connectivity index is 1.65. The highest BCUT2D eigenvalue weighted by Gasteiger charge is 2.31. The molecule has 1 amide bonds. The number of carbonyl (C=O) groups is 1. The number of carbonyl (C=O) groups excluding carboxylic acids is 1. The third-order valence-electron chi connectivity index (χ3n) is 6.40. The van der Waals surface area contributed by atoms with E-state index in [1.54, 1.807) is 19.1 Å². The average molecular weight is 576 g/mol. The molecule has 0 aromatic heterocycles. The van der Waals surface area contributed by atoms with Crippen molar-refractivity contribution in [2.24, 2.45) is 0 Å². The lowest BCUT2D eigenvalue weighted by Gasteiger charge is -2.27. The Hall–Kier alpha value is -3.48. The predicted octanol–water partition coefficient (Wildman–Crippen LogP) is 4.15. The van der Waals surface area contributed by atoms with Gasteiger partial charge in [-0.3, -0.25) is 9.10 Å². The molecule has 0 spiro atoms. The molecule has 0 saturated carbocycles. The fourth-order valence-corrected chi connectivity index (χ4v) is 7.45. The molecular formula is C27H30FN3O6S2. The van der Waals surface area contributed by atoms with E-state index in [-0.39, 0.29) is 26.9 Å². The quantitative estimate of drug-likeness (QED) is 0.410. The molecule has 12 heteroatoms. The molecular weight excluding hydrogens is 545 g/mol.